The maximum absolute atomic E-state index is 12.7. The molecule has 1 fully saturated rings. The van der Waals surface area contributed by atoms with Crippen LogP contribution in [0, 0.1) is 0 Å². The van der Waals surface area contributed by atoms with E-state index in [2.05, 4.69) is 9.97 Å². The van der Waals surface area contributed by atoms with Gasteiger partial charge in [-0.2, -0.15) is 0 Å². The van der Waals surface area contributed by atoms with E-state index < -0.39 is 0 Å². The van der Waals surface area contributed by atoms with Gasteiger partial charge in [-0.05, 0) is 37.1 Å². The van der Waals surface area contributed by atoms with Gasteiger partial charge in [0.2, 0.25) is 0 Å². The molecule has 0 aromatic carbocycles. The SMILES string of the molecule is Cn1c(=O)n([C@H]2CCCN(C(=O)c3ccccn3)C2)c2ncccc21. The van der Waals surface area contributed by atoms with Crippen molar-refractivity contribution in [1.29, 1.82) is 0 Å². The number of carbonyl (C=O) groups is 1. The number of carbonyl (C=O) groups excluding carboxylic acids is 1. The van der Waals surface area contributed by atoms with Crippen molar-refractivity contribution in [2.24, 2.45) is 7.05 Å². The third kappa shape index (κ3) is 2.61. The summed E-state index contributed by atoms with van der Waals surface area (Å²) in [4.78, 5) is 35.7. The Bertz CT molecular complexity index is 976. The van der Waals surface area contributed by atoms with E-state index in [1.54, 1.807) is 51.7 Å². The van der Waals surface area contributed by atoms with Crippen molar-refractivity contribution in [1.82, 2.24) is 24.0 Å². The lowest BCUT2D eigenvalue weighted by Gasteiger charge is -2.33. The van der Waals surface area contributed by atoms with Crippen LogP contribution in [0.3, 0.4) is 0 Å². The molecule has 1 atom stereocenters. The van der Waals surface area contributed by atoms with Crippen LogP contribution in [-0.2, 0) is 7.05 Å². The number of amides is 1. The zero-order chi connectivity index (χ0) is 17.4. The smallest absolute Gasteiger partial charge is 0.330 e. The summed E-state index contributed by atoms with van der Waals surface area (Å²) in [5, 5.41) is 0. The number of aryl methyl sites for hydroxylation is 1. The summed E-state index contributed by atoms with van der Waals surface area (Å²) in [6.45, 7) is 1.17. The Balaban J connectivity index is 1.68. The Labute approximate surface area is 144 Å². The fourth-order valence-electron chi connectivity index (χ4n) is 3.52. The van der Waals surface area contributed by atoms with E-state index in [9.17, 15) is 9.59 Å². The molecule has 7 heteroatoms. The van der Waals surface area contributed by atoms with Crippen LogP contribution in [0.2, 0.25) is 0 Å². The van der Waals surface area contributed by atoms with Crippen LogP contribution in [0.5, 0.6) is 0 Å². The van der Waals surface area contributed by atoms with Crippen molar-refractivity contribution in [3.63, 3.8) is 0 Å². The molecule has 0 N–H and O–H groups in total. The van der Waals surface area contributed by atoms with E-state index in [0.717, 1.165) is 18.4 Å². The van der Waals surface area contributed by atoms with Gasteiger partial charge in [0.05, 0.1) is 11.6 Å². The second-order valence-corrected chi connectivity index (χ2v) is 6.32. The number of aromatic nitrogens is 4. The first-order valence-electron chi connectivity index (χ1n) is 8.39. The van der Waals surface area contributed by atoms with Crippen molar-refractivity contribution >= 4 is 17.1 Å². The Kier molecular flexibility index (Phi) is 3.83. The summed E-state index contributed by atoms with van der Waals surface area (Å²) in [6, 6.07) is 8.95. The number of nitrogens with zero attached hydrogens (tertiary/aromatic N) is 5. The molecule has 0 aliphatic carbocycles. The molecule has 1 saturated heterocycles. The fourth-order valence-corrected chi connectivity index (χ4v) is 3.52. The first-order chi connectivity index (χ1) is 12.2. The highest BCUT2D eigenvalue weighted by atomic mass is 16.2. The third-order valence-electron chi connectivity index (χ3n) is 4.78. The first kappa shape index (κ1) is 15.6. The van der Waals surface area contributed by atoms with Crippen LogP contribution in [0.4, 0.5) is 0 Å². The molecular formula is C18H19N5O2. The highest BCUT2D eigenvalue weighted by molar-refractivity contribution is 5.92. The molecule has 7 nitrogen and oxygen atoms in total. The lowest BCUT2D eigenvalue weighted by atomic mass is 10.0. The van der Waals surface area contributed by atoms with Gasteiger partial charge in [-0.1, -0.05) is 6.07 Å². The van der Waals surface area contributed by atoms with Gasteiger partial charge in [-0.15, -0.1) is 0 Å². The minimum Gasteiger partial charge on any atom is -0.335 e. The summed E-state index contributed by atoms with van der Waals surface area (Å²) in [7, 11) is 1.75. The van der Waals surface area contributed by atoms with E-state index in [1.807, 2.05) is 12.1 Å². The lowest BCUT2D eigenvalue weighted by molar-refractivity contribution is 0.0673. The Hall–Kier alpha value is -2.96. The van der Waals surface area contributed by atoms with Gasteiger partial charge in [0.25, 0.3) is 5.91 Å². The number of hydrogen-bond donors (Lipinski definition) is 0. The van der Waals surface area contributed by atoms with Crippen LogP contribution < -0.4 is 5.69 Å². The van der Waals surface area contributed by atoms with Crippen molar-refractivity contribution in [3.05, 3.63) is 58.9 Å². The van der Waals surface area contributed by atoms with Gasteiger partial charge in [0.1, 0.15) is 5.69 Å². The lowest BCUT2D eigenvalue weighted by Crippen LogP contribution is -2.43. The predicted molar refractivity (Wildman–Crippen MR) is 93.4 cm³/mol. The summed E-state index contributed by atoms with van der Waals surface area (Å²) >= 11 is 0. The van der Waals surface area contributed by atoms with E-state index >= 15 is 0 Å². The van der Waals surface area contributed by atoms with Crippen molar-refractivity contribution in [2.45, 2.75) is 18.9 Å². The van der Waals surface area contributed by atoms with Gasteiger partial charge in [-0.3, -0.25) is 18.9 Å². The number of fused-ring (bicyclic) bond motifs is 1. The van der Waals surface area contributed by atoms with E-state index in [1.165, 1.54) is 0 Å². The van der Waals surface area contributed by atoms with Gasteiger partial charge in [0, 0.05) is 32.5 Å². The molecule has 3 aromatic rings. The van der Waals surface area contributed by atoms with Crippen molar-refractivity contribution in [3.8, 4) is 0 Å². The maximum atomic E-state index is 12.7. The summed E-state index contributed by atoms with van der Waals surface area (Å²) in [5.74, 6) is -0.0912. The first-order valence-corrected chi connectivity index (χ1v) is 8.39. The summed E-state index contributed by atoms with van der Waals surface area (Å²) < 4.78 is 3.34. The molecule has 0 saturated carbocycles. The molecule has 1 amide bonds. The number of piperidine rings is 1. The van der Waals surface area contributed by atoms with Crippen LogP contribution in [0.15, 0.2) is 47.5 Å². The number of imidazole rings is 1. The molecule has 0 bridgehead atoms. The summed E-state index contributed by atoms with van der Waals surface area (Å²) in [6.07, 6.45) is 5.01. The summed E-state index contributed by atoms with van der Waals surface area (Å²) in [5.41, 5.74) is 1.82. The molecule has 3 aromatic heterocycles. The molecule has 128 valence electrons. The Morgan fingerprint density at radius 3 is 2.80 bits per heavy atom. The van der Waals surface area contributed by atoms with Crippen molar-refractivity contribution < 1.29 is 4.79 Å². The number of pyridine rings is 2. The molecule has 25 heavy (non-hydrogen) atoms. The molecule has 4 rings (SSSR count). The zero-order valence-corrected chi connectivity index (χ0v) is 14.0. The third-order valence-corrected chi connectivity index (χ3v) is 4.78. The molecule has 4 heterocycles. The Morgan fingerprint density at radius 2 is 2.00 bits per heavy atom. The van der Waals surface area contributed by atoms with E-state index in [0.29, 0.717) is 24.4 Å². The largest absolute Gasteiger partial charge is 0.335 e. The van der Waals surface area contributed by atoms with Crippen LogP contribution in [0.25, 0.3) is 11.2 Å². The van der Waals surface area contributed by atoms with Gasteiger partial charge in [-0.25, -0.2) is 9.78 Å². The topological polar surface area (TPSA) is 73.0 Å². The van der Waals surface area contributed by atoms with Gasteiger partial charge < -0.3 is 4.90 Å². The zero-order valence-electron chi connectivity index (χ0n) is 14.0. The van der Waals surface area contributed by atoms with Gasteiger partial charge in [0.15, 0.2) is 5.65 Å². The number of likely N-dealkylation sites (tertiary alicyclic amines) is 1. The number of hydrogen-bond acceptors (Lipinski definition) is 4. The molecule has 1 aliphatic rings. The Morgan fingerprint density at radius 1 is 1.16 bits per heavy atom. The average Bonchev–Trinajstić information content (AvgIpc) is 2.93. The second-order valence-electron chi connectivity index (χ2n) is 6.32. The predicted octanol–water partition coefficient (Wildman–Crippen LogP) is 1.61. The fraction of sp³-hybridized carbons (Fsp3) is 0.333. The van der Waals surface area contributed by atoms with Crippen LogP contribution in [-0.4, -0.2) is 43.0 Å². The molecule has 0 spiro atoms. The van der Waals surface area contributed by atoms with E-state index in [-0.39, 0.29) is 17.6 Å². The highest BCUT2D eigenvalue weighted by Crippen LogP contribution is 2.24. The van der Waals surface area contributed by atoms with Gasteiger partial charge >= 0.3 is 5.69 Å². The molecule has 0 radical (unpaired) electrons. The molecule has 1 aliphatic heterocycles. The molecular weight excluding hydrogens is 318 g/mol. The number of rotatable bonds is 2. The van der Waals surface area contributed by atoms with E-state index in [4.69, 9.17) is 0 Å². The highest BCUT2D eigenvalue weighted by Gasteiger charge is 2.29. The maximum Gasteiger partial charge on any atom is 0.330 e. The quantitative estimate of drug-likeness (QED) is 0.712. The van der Waals surface area contributed by atoms with Crippen LogP contribution in [0.1, 0.15) is 29.4 Å². The normalized spacial score (nSPS) is 17.8. The monoisotopic (exact) mass is 337 g/mol. The average molecular weight is 337 g/mol. The minimum absolute atomic E-state index is 0.0764. The van der Waals surface area contributed by atoms with Crippen LogP contribution >= 0.6 is 0 Å². The molecule has 0 unspecified atom stereocenters. The standard InChI is InChI=1S/C18H19N5O2/c1-21-15-8-4-10-20-16(15)23(18(21)25)13-6-5-11-22(12-13)17(24)14-7-2-3-9-19-14/h2-4,7-10,13H,5-6,11-12H2,1H3/t13-/m0/s1. The second kappa shape index (κ2) is 6.16. The van der Waals surface area contributed by atoms with Crippen molar-refractivity contribution in [2.75, 3.05) is 13.1 Å². The minimum atomic E-state index is -0.0918.